The summed E-state index contributed by atoms with van der Waals surface area (Å²) in [6.07, 6.45) is 2.34. The number of hydrogen-bond acceptors (Lipinski definition) is 4. The SMILES string of the molecule is CC1CN(CC2(CS)CCOCC2)CC(C)N1C. The Morgan fingerprint density at radius 3 is 2.22 bits per heavy atom. The van der Waals surface area contributed by atoms with Crippen LogP contribution in [-0.4, -0.2) is 67.5 Å². The van der Waals surface area contributed by atoms with Gasteiger partial charge in [0.25, 0.3) is 0 Å². The molecule has 18 heavy (non-hydrogen) atoms. The van der Waals surface area contributed by atoms with Gasteiger partial charge in [-0.25, -0.2) is 0 Å². The molecule has 0 saturated carbocycles. The van der Waals surface area contributed by atoms with Gasteiger partial charge < -0.3 is 4.74 Å². The third-order valence-corrected chi connectivity index (χ3v) is 5.55. The van der Waals surface area contributed by atoms with Crippen molar-refractivity contribution in [2.75, 3.05) is 45.6 Å². The largest absolute Gasteiger partial charge is 0.381 e. The van der Waals surface area contributed by atoms with Gasteiger partial charge in [-0.2, -0.15) is 12.6 Å². The number of hydrogen-bond donors (Lipinski definition) is 1. The van der Waals surface area contributed by atoms with Crippen LogP contribution in [0.2, 0.25) is 0 Å². The molecular formula is C14H28N2OS. The fourth-order valence-electron chi connectivity index (χ4n) is 3.29. The molecule has 0 amide bonds. The molecule has 4 heteroatoms. The molecular weight excluding hydrogens is 244 g/mol. The summed E-state index contributed by atoms with van der Waals surface area (Å²) in [5.41, 5.74) is 0.386. The highest BCUT2D eigenvalue weighted by atomic mass is 32.1. The molecule has 2 atom stereocenters. The summed E-state index contributed by atoms with van der Waals surface area (Å²) in [5, 5.41) is 0. The topological polar surface area (TPSA) is 15.7 Å². The zero-order valence-electron chi connectivity index (χ0n) is 12.1. The summed E-state index contributed by atoms with van der Waals surface area (Å²) < 4.78 is 5.51. The molecule has 2 saturated heterocycles. The predicted molar refractivity (Wildman–Crippen MR) is 79.5 cm³/mol. The zero-order chi connectivity index (χ0) is 13.2. The second-order valence-corrected chi connectivity index (χ2v) is 6.64. The first kappa shape index (κ1) is 14.6. The average molecular weight is 272 g/mol. The maximum atomic E-state index is 5.51. The second-order valence-electron chi connectivity index (χ2n) is 6.33. The van der Waals surface area contributed by atoms with E-state index in [1.165, 1.54) is 32.5 Å². The van der Waals surface area contributed by atoms with Crippen LogP contribution in [0.25, 0.3) is 0 Å². The van der Waals surface area contributed by atoms with Gasteiger partial charge in [-0.05, 0) is 44.9 Å². The van der Waals surface area contributed by atoms with Crippen LogP contribution < -0.4 is 0 Å². The van der Waals surface area contributed by atoms with Crippen LogP contribution in [0.3, 0.4) is 0 Å². The van der Waals surface area contributed by atoms with Gasteiger partial charge in [0.1, 0.15) is 0 Å². The predicted octanol–water partition coefficient (Wildman–Crippen LogP) is 1.74. The standard InChI is InChI=1S/C14H28N2OS/c1-12-8-16(9-13(2)15(12)3)10-14(11-18)4-6-17-7-5-14/h12-13,18H,4-11H2,1-3H3. The van der Waals surface area contributed by atoms with Crippen LogP contribution in [0, 0.1) is 5.41 Å². The molecule has 2 heterocycles. The first-order chi connectivity index (χ1) is 8.56. The van der Waals surface area contributed by atoms with Gasteiger partial charge in [0.05, 0.1) is 0 Å². The second kappa shape index (κ2) is 6.12. The molecule has 0 radical (unpaired) electrons. The lowest BCUT2D eigenvalue weighted by atomic mass is 9.81. The number of rotatable bonds is 3. The molecule has 0 N–H and O–H groups in total. The van der Waals surface area contributed by atoms with E-state index in [-0.39, 0.29) is 0 Å². The molecule has 2 rings (SSSR count). The maximum absolute atomic E-state index is 5.51. The minimum Gasteiger partial charge on any atom is -0.381 e. The quantitative estimate of drug-likeness (QED) is 0.788. The Kier molecular flexibility index (Phi) is 4.98. The van der Waals surface area contributed by atoms with Gasteiger partial charge in [-0.1, -0.05) is 0 Å². The van der Waals surface area contributed by atoms with Gasteiger partial charge in [0, 0.05) is 44.9 Å². The highest BCUT2D eigenvalue weighted by molar-refractivity contribution is 7.80. The van der Waals surface area contributed by atoms with Crippen LogP contribution in [0.4, 0.5) is 0 Å². The molecule has 2 aliphatic rings. The van der Waals surface area contributed by atoms with Crippen molar-refractivity contribution in [1.82, 2.24) is 9.80 Å². The molecule has 0 aromatic rings. The number of thiol groups is 1. The summed E-state index contributed by atoms with van der Waals surface area (Å²) in [5.74, 6) is 0.992. The fourth-order valence-corrected chi connectivity index (χ4v) is 3.70. The van der Waals surface area contributed by atoms with E-state index < -0.39 is 0 Å². The Labute approximate surface area is 117 Å². The van der Waals surface area contributed by atoms with Crippen molar-refractivity contribution in [2.24, 2.45) is 5.41 Å². The van der Waals surface area contributed by atoms with Gasteiger partial charge in [-0.3, -0.25) is 9.80 Å². The van der Waals surface area contributed by atoms with E-state index in [1.54, 1.807) is 0 Å². The molecule has 2 aliphatic heterocycles. The third kappa shape index (κ3) is 3.21. The van der Waals surface area contributed by atoms with Gasteiger partial charge in [-0.15, -0.1) is 0 Å². The van der Waals surface area contributed by atoms with Crippen molar-refractivity contribution in [1.29, 1.82) is 0 Å². The first-order valence-corrected chi connectivity index (χ1v) is 7.82. The van der Waals surface area contributed by atoms with E-state index in [2.05, 4.69) is 43.3 Å². The van der Waals surface area contributed by atoms with Crippen molar-refractivity contribution < 1.29 is 4.74 Å². The van der Waals surface area contributed by atoms with Crippen molar-refractivity contribution in [3.63, 3.8) is 0 Å². The van der Waals surface area contributed by atoms with Crippen LogP contribution >= 0.6 is 12.6 Å². The molecule has 0 spiro atoms. The normalized spacial score (nSPS) is 34.7. The first-order valence-electron chi connectivity index (χ1n) is 7.19. The van der Waals surface area contributed by atoms with Crippen molar-refractivity contribution in [3.8, 4) is 0 Å². The van der Waals surface area contributed by atoms with Crippen LogP contribution in [0.5, 0.6) is 0 Å². The van der Waals surface area contributed by atoms with E-state index in [0.717, 1.165) is 19.0 Å². The molecule has 0 aromatic heterocycles. The number of piperazine rings is 1. The Hall–Kier alpha value is 0.230. The van der Waals surface area contributed by atoms with Crippen molar-refractivity contribution >= 4 is 12.6 Å². The molecule has 2 unspecified atom stereocenters. The lowest BCUT2D eigenvalue weighted by molar-refractivity contribution is -0.0152. The smallest absolute Gasteiger partial charge is 0.0472 e. The molecule has 0 aromatic carbocycles. The lowest BCUT2D eigenvalue weighted by Crippen LogP contribution is -2.57. The summed E-state index contributed by atoms with van der Waals surface area (Å²) in [4.78, 5) is 5.14. The minimum atomic E-state index is 0.386. The highest BCUT2D eigenvalue weighted by Gasteiger charge is 2.36. The van der Waals surface area contributed by atoms with Crippen LogP contribution in [0.15, 0.2) is 0 Å². The Bertz CT molecular complexity index is 257. The average Bonchev–Trinajstić information content (AvgIpc) is 2.37. The van der Waals surface area contributed by atoms with Gasteiger partial charge in [0.2, 0.25) is 0 Å². The van der Waals surface area contributed by atoms with Crippen LogP contribution in [0.1, 0.15) is 26.7 Å². The van der Waals surface area contributed by atoms with E-state index in [0.29, 0.717) is 17.5 Å². The highest BCUT2D eigenvalue weighted by Crippen LogP contribution is 2.33. The van der Waals surface area contributed by atoms with E-state index in [4.69, 9.17) is 4.74 Å². The fraction of sp³-hybridized carbons (Fsp3) is 1.00. The van der Waals surface area contributed by atoms with E-state index >= 15 is 0 Å². The summed E-state index contributed by atoms with van der Waals surface area (Å²) in [7, 11) is 2.25. The summed E-state index contributed by atoms with van der Waals surface area (Å²) in [6.45, 7) is 10.1. The van der Waals surface area contributed by atoms with E-state index in [1.807, 2.05) is 0 Å². The van der Waals surface area contributed by atoms with Crippen molar-refractivity contribution in [2.45, 2.75) is 38.8 Å². The number of nitrogens with zero attached hydrogens (tertiary/aromatic N) is 2. The number of ether oxygens (including phenoxy) is 1. The molecule has 3 nitrogen and oxygen atoms in total. The summed E-state index contributed by atoms with van der Waals surface area (Å²) in [6, 6.07) is 1.32. The van der Waals surface area contributed by atoms with Gasteiger partial charge in [0.15, 0.2) is 0 Å². The molecule has 0 bridgehead atoms. The Balaban J connectivity index is 1.95. The Morgan fingerprint density at radius 1 is 1.17 bits per heavy atom. The zero-order valence-corrected chi connectivity index (χ0v) is 13.0. The summed E-state index contributed by atoms with van der Waals surface area (Å²) >= 11 is 4.62. The molecule has 2 fully saturated rings. The van der Waals surface area contributed by atoms with Gasteiger partial charge >= 0.3 is 0 Å². The van der Waals surface area contributed by atoms with Crippen LogP contribution in [-0.2, 0) is 4.74 Å². The van der Waals surface area contributed by atoms with Crippen molar-refractivity contribution in [3.05, 3.63) is 0 Å². The Morgan fingerprint density at radius 2 is 1.72 bits per heavy atom. The third-order valence-electron chi connectivity index (χ3n) is 4.88. The molecule has 0 aliphatic carbocycles. The maximum Gasteiger partial charge on any atom is 0.0472 e. The lowest BCUT2D eigenvalue weighted by Gasteiger charge is -2.47. The number of likely N-dealkylation sites (N-methyl/N-ethyl adjacent to an activating group) is 1. The minimum absolute atomic E-state index is 0.386. The molecule has 106 valence electrons. The monoisotopic (exact) mass is 272 g/mol. The van der Waals surface area contributed by atoms with E-state index in [9.17, 15) is 0 Å².